The Kier molecular flexibility index (Phi) is 5.85. The highest BCUT2D eigenvalue weighted by atomic mass is 32.1. The van der Waals surface area contributed by atoms with Gasteiger partial charge in [0.25, 0.3) is 5.91 Å². The van der Waals surface area contributed by atoms with Crippen LogP contribution in [0.2, 0.25) is 0 Å². The maximum absolute atomic E-state index is 12.5. The summed E-state index contributed by atoms with van der Waals surface area (Å²) >= 11 is 1.33. The number of benzene rings is 2. The molecule has 1 aromatic heterocycles. The molecule has 0 radical (unpaired) electrons. The van der Waals surface area contributed by atoms with Gasteiger partial charge in [-0.3, -0.25) is 4.79 Å². The molecule has 154 valence electrons. The van der Waals surface area contributed by atoms with E-state index in [2.05, 4.69) is 16.0 Å². The van der Waals surface area contributed by atoms with Crippen LogP contribution >= 0.6 is 11.3 Å². The lowest BCUT2D eigenvalue weighted by Crippen LogP contribution is -2.28. The van der Waals surface area contributed by atoms with Gasteiger partial charge in [0.1, 0.15) is 0 Å². The van der Waals surface area contributed by atoms with Crippen molar-refractivity contribution < 1.29 is 19.1 Å². The van der Waals surface area contributed by atoms with Crippen LogP contribution in [-0.4, -0.2) is 18.7 Å². The predicted molar refractivity (Wildman–Crippen MR) is 115 cm³/mol. The smallest absolute Gasteiger partial charge is 0.319 e. The van der Waals surface area contributed by atoms with Gasteiger partial charge in [0, 0.05) is 18.0 Å². The SMILES string of the molecule is Cc1sc(C(=O)NCc2ccc3c(c2)OCO3)cc1NC(=O)NCc1ccccc1. The van der Waals surface area contributed by atoms with Gasteiger partial charge in [-0.2, -0.15) is 0 Å². The number of urea groups is 1. The Labute approximate surface area is 178 Å². The number of amides is 3. The van der Waals surface area contributed by atoms with Crippen molar-refractivity contribution in [3.63, 3.8) is 0 Å². The van der Waals surface area contributed by atoms with Crippen molar-refractivity contribution in [2.45, 2.75) is 20.0 Å². The fourth-order valence-electron chi connectivity index (χ4n) is 2.98. The van der Waals surface area contributed by atoms with Crippen LogP contribution in [0.1, 0.15) is 25.7 Å². The number of thiophene rings is 1. The summed E-state index contributed by atoms with van der Waals surface area (Å²) in [6, 6.07) is 16.6. The number of nitrogens with one attached hydrogen (secondary N) is 3. The van der Waals surface area contributed by atoms with Gasteiger partial charge in [0.05, 0.1) is 10.6 Å². The molecule has 3 N–H and O–H groups in total. The molecule has 30 heavy (non-hydrogen) atoms. The summed E-state index contributed by atoms with van der Waals surface area (Å²) < 4.78 is 10.6. The largest absolute Gasteiger partial charge is 0.454 e. The molecule has 0 aliphatic carbocycles. The van der Waals surface area contributed by atoms with E-state index in [0.29, 0.717) is 35.2 Å². The molecule has 0 fully saturated rings. The van der Waals surface area contributed by atoms with Crippen LogP contribution < -0.4 is 25.4 Å². The molecule has 0 spiro atoms. The third-order valence-corrected chi connectivity index (χ3v) is 5.62. The zero-order valence-electron chi connectivity index (χ0n) is 16.4. The van der Waals surface area contributed by atoms with Gasteiger partial charge < -0.3 is 25.4 Å². The van der Waals surface area contributed by atoms with Crippen LogP contribution in [0.5, 0.6) is 11.5 Å². The Morgan fingerprint density at radius 1 is 0.933 bits per heavy atom. The molecule has 0 bridgehead atoms. The predicted octanol–water partition coefficient (Wildman–Crippen LogP) is 4.04. The van der Waals surface area contributed by atoms with Crippen LogP contribution in [0.3, 0.4) is 0 Å². The normalized spacial score (nSPS) is 11.8. The zero-order valence-corrected chi connectivity index (χ0v) is 17.2. The number of carbonyl (C=O) groups excluding carboxylic acids is 2. The molecule has 3 amide bonds. The summed E-state index contributed by atoms with van der Waals surface area (Å²) in [5.41, 5.74) is 2.55. The molecule has 2 aromatic carbocycles. The van der Waals surface area contributed by atoms with Gasteiger partial charge >= 0.3 is 6.03 Å². The highest BCUT2D eigenvalue weighted by molar-refractivity contribution is 7.14. The second-order valence-electron chi connectivity index (χ2n) is 6.74. The summed E-state index contributed by atoms with van der Waals surface area (Å²) in [4.78, 5) is 26.1. The molecular formula is C22H21N3O4S. The van der Waals surface area contributed by atoms with Gasteiger partial charge in [0.15, 0.2) is 11.5 Å². The first-order valence-corrected chi connectivity index (χ1v) is 10.3. The van der Waals surface area contributed by atoms with Crippen molar-refractivity contribution in [2.24, 2.45) is 0 Å². The van der Waals surface area contributed by atoms with E-state index in [0.717, 1.165) is 16.0 Å². The minimum Gasteiger partial charge on any atom is -0.454 e. The number of hydrogen-bond acceptors (Lipinski definition) is 5. The van der Waals surface area contributed by atoms with Crippen LogP contribution in [0, 0.1) is 6.92 Å². The zero-order chi connectivity index (χ0) is 20.9. The van der Waals surface area contributed by atoms with Crippen molar-refractivity contribution in [2.75, 3.05) is 12.1 Å². The highest BCUT2D eigenvalue weighted by Gasteiger charge is 2.16. The van der Waals surface area contributed by atoms with Gasteiger partial charge in [-0.25, -0.2) is 4.79 Å². The summed E-state index contributed by atoms with van der Waals surface area (Å²) in [6.07, 6.45) is 0. The number of carbonyl (C=O) groups is 2. The van der Waals surface area contributed by atoms with Crippen LogP contribution in [0.15, 0.2) is 54.6 Å². The number of rotatable bonds is 6. The van der Waals surface area contributed by atoms with E-state index < -0.39 is 0 Å². The van der Waals surface area contributed by atoms with Crippen LogP contribution in [-0.2, 0) is 13.1 Å². The van der Waals surface area contributed by atoms with Crippen LogP contribution in [0.4, 0.5) is 10.5 Å². The number of anilines is 1. The van der Waals surface area contributed by atoms with E-state index >= 15 is 0 Å². The Bertz CT molecular complexity index is 1070. The van der Waals surface area contributed by atoms with E-state index in [9.17, 15) is 9.59 Å². The van der Waals surface area contributed by atoms with E-state index in [4.69, 9.17) is 9.47 Å². The van der Waals surface area contributed by atoms with E-state index in [-0.39, 0.29) is 18.7 Å². The monoisotopic (exact) mass is 423 g/mol. The molecule has 0 saturated heterocycles. The average Bonchev–Trinajstić information content (AvgIpc) is 3.37. The minimum atomic E-state index is -0.313. The molecule has 3 aromatic rings. The fraction of sp³-hybridized carbons (Fsp3) is 0.182. The van der Waals surface area contributed by atoms with Crippen LogP contribution in [0.25, 0.3) is 0 Å². The average molecular weight is 423 g/mol. The first-order valence-electron chi connectivity index (χ1n) is 9.44. The molecule has 2 heterocycles. The summed E-state index contributed by atoms with van der Waals surface area (Å²) in [7, 11) is 0. The van der Waals surface area contributed by atoms with Gasteiger partial charge in [-0.1, -0.05) is 36.4 Å². The van der Waals surface area contributed by atoms with Crippen molar-refractivity contribution in [3.05, 3.63) is 75.5 Å². The lowest BCUT2D eigenvalue weighted by molar-refractivity contribution is 0.0955. The lowest BCUT2D eigenvalue weighted by atomic mass is 10.2. The standard InChI is InChI=1S/C22H21N3O4S/c1-14-17(25-22(27)24-11-15-5-3-2-4-6-15)10-20(30-14)21(26)23-12-16-7-8-18-19(9-16)29-13-28-18/h2-10H,11-13H2,1H3,(H,23,26)(H2,24,25,27). The van der Waals surface area contributed by atoms with Crippen molar-refractivity contribution in [3.8, 4) is 11.5 Å². The molecule has 0 saturated carbocycles. The quantitative estimate of drug-likeness (QED) is 0.558. The number of ether oxygens (including phenoxy) is 2. The second-order valence-corrected chi connectivity index (χ2v) is 8.00. The third-order valence-electron chi connectivity index (χ3n) is 4.58. The number of hydrogen-bond donors (Lipinski definition) is 3. The lowest BCUT2D eigenvalue weighted by Gasteiger charge is -2.07. The third kappa shape index (κ3) is 4.72. The maximum atomic E-state index is 12.5. The van der Waals surface area contributed by atoms with Crippen molar-refractivity contribution in [1.82, 2.24) is 10.6 Å². The van der Waals surface area contributed by atoms with Crippen molar-refractivity contribution in [1.29, 1.82) is 0 Å². The molecular weight excluding hydrogens is 402 g/mol. The number of aryl methyl sites for hydroxylation is 1. The Hall–Kier alpha value is -3.52. The van der Waals surface area contributed by atoms with E-state index in [1.54, 1.807) is 6.07 Å². The van der Waals surface area contributed by atoms with Gasteiger partial charge in [-0.05, 0) is 36.2 Å². The highest BCUT2D eigenvalue weighted by Crippen LogP contribution is 2.32. The second kappa shape index (κ2) is 8.87. The first kappa shape index (κ1) is 19.8. The molecule has 8 heteroatoms. The molecule has 7 nitrogen and oxygen atoms in total. The molecule has 1 aliphatic rings. The molecule has 1 aliphatic heterocycles. The molecule has 0 atom stereocenters. The first-order chi connectivity index (χ1) is 14.6. The van der Waals surface area contributed by atoms with E-state index in [1.165, 1.54) is 11.3 Å². The van der Waals surface area contributed by atoms with Crippen molar-refractivity contribution >= 4 is 29.0 Å². The Morgan fingerprint density at radius 3 is 2.53 bits per heavy atom. The summed E-state index contributed by atoms with van der Waals surface area (Å²) in [6.45, 7) is 2.88. The fourth-order valence-corrected chi connectivity index (χ4v) is 3.87. The molecule has 0 unspecified atom stereocenters. The maximum Gasteiger partial charge on any atom is 0.319 e. The summed E-state index contributed by atoms with van der Waals surface area (Å²) in [5, 5.41) is 8.51. The topological polar surface area (TPSA) is 88.7 Å². The van der Waals surface area contributed by atoms with Gasteiger partial charge in [-0.15, -0.1) is 11.3 Å². The summed E-state index contributed by atoms with van der Waals surface area (Å²) in [5.74, 6) is 1.19. The van der Waals surface area contributed by atoms with E-state index in [1.807, 2.05) is 55.5 Å². The Balaban J connectivity index is 1.31. The number of fused-ring (bicyclic) bond motifs is 1. The minimum absolute atomic E-state index is 0.196. The van der Waals surface area contributed by atoms with Gasteiger partial charge in [0.2, 0.25) is 6.79 Å². The Morgan fingerprint density at radius 2 is 1.70 bits per heavy atom. The molecule has 4 rings (SSSR count).